The standard InChI is InChI=1S/C19H16N6O/c20-8-11-1-3-13-12(7-11)2-5-15(13)24-17-6-4-14(21)19(25-17)18(22)16-9-23-10-26-16/h1,3-4,6-7,9-10,15,22H,2,5,21H2,(H,24,25). The van der Waals surface area contributed by atoms with Crippen LogP contribution in [0.1, 0.15) is 40.6 Å². The van der Waals surface area contributed by atoms with Gasteiger partial charge >= 0.3 is 0 Å². The molecule has 3 aromatic rings. The smallest absolute Gasteiger partial charge is 0.181 e. The van der Waals surface area contributed by atoms with E-state index in [0.717, 1.165) is 12.8 Å². The number of nitrogens with one attached hydrogen (secondary N) is 2. The number of nitrogens with two attached hydrogens (primary N) is 1. The van der Waals surface area contributed by atoms with E-state index in [-0.39, 0.29) is 11.8 Å². The van der Waals surface area contributed by atoms with Crippen molar-refractivity contribution in [3.8, 4) is 6.07 Å². The number of hydrogen-bond donors (Lipinski definition) is 3. The Hall–Kier alpha value is -3.66. The first-order chi connectivity index (χ1) is 12.7. The largest absolute Gasteiger partial charge is 0.442 e. The van der Waals surface area contributed by atoms with Gasteiger partial charge in [-0.25, -0.2) is 9.97 Å². The summed E-state index contributed by atoms with van der Waals surface area (Å²) < 4.78 is 5.17. The van der Waals surface area contributed by atoms with Crippen LogP contribution >= 0.6 is 0 Å². The van der Waals surface area contributed by atoms with Gasteiger partial charge in [0.1, 0.15) is 17.2 Å². The molecule has 0 amide bonds. The van der Waals surface area contributed by atoms with Gasteiger partial charge in [-0.3, -0.25) is 5.41 Å². The molecule has 4 N–H and O–H groups in total. The maximum absolute atomic E-state index is 9.04. The minimum Gasteiger partial charge on any atom is -0.442 e. The Balaban J connectivity index is 1.60. The molecule has 1 atom stereocenters. The third kappa shape index (κ3) is 2.78. The van der Waals surface area contributed by atoms with E-state index >= 15 is 0 Å². The van der Waals surface area contributed by atoms with Gasteiger partial charge in [0.25, 0.3) is 0 Å². The maximum Gasteiger partial charge on any atom is 0.181 e. The number of aryl methyl sites for hydroxylation is 1. The molecule has 0 radical (unpaired) electrons. The second kappa shape index (κ2) is 6.33. The molecule has 128 valence electrons. The highest BCUT2D eigenvalue weighted by molar-refractivity contribution is 6.10. The van der Waals surface area contributed by atoms with Gasteiger partial charge in [-0.2, -0.15) is 5.26 Å². The Bertz CT molecular complexity index is 1020. The van der Waals surface area contributed by atoms with Crippen molar-refractivity contribution in [2.75, 3.05) is 11.1 Å². The Morgan fingerprint density at radius 3 is 3.00 bits per heavy atom. The van der Waals surface area contributed by atoms with E-state index in [1.807, 2.05) is 18.2 Å². The Kier molecular flexibility index (Phi) is 3.86. The van der Waals surface area contributed by atoms with E-state index < -0.39 is 0 Å². The summed E-state index contributed by atoms with van der Waals surface area (Å²) in [5.41, 5.74) is 9.88. The van der Waals surface area contributed by atoms with Gasteiger partial charge in [0.15, 0.2) is 12.2 Å². The summed E-state index contributed by atoms with van der Waals surface area (Å²) >= 11 is 0. The topological polar surface area (TPSA) is 125 Å². The molecule has 26 heavy (non-hydrogen) atoms. The summed E-state index contributed by atoms with van der Waals surface area (Å²) in [6.45, 7) is 0. The molecule has 7 heteroatoms. The molecular weight excluding hydrogens is 328 g/mol. The van der Waals surface area contributed by atoms with Crippen LogP contribution in [0.4, 0.5) is 11.5 Å². The fraction of sp³-hybridized carbons (Fsp3) is 0.158. The zero-order valence-corrected chi connectivity index (χ0v) is 13.9. The third-order valence-corrected chi connectivity index (χ3v) is 4.51. The predicted octanol–water partition coefficient (Wildman–Crippen LogP) is 3.04. The van der Waals surface area contributed by atoms with Crippen molar-refractivity contribution in [1.29, 1.82) is 10.7 Å². The van der Waals surface area contributed by atoms with Crippen LogP contribution in [0, 0.1) is 16.7 Å². The number of aromatic nitrogens is 2. The molecule has 0 aliphatic heterocycles. The number of rotatable bonds is 4. The van der Waals surface area contributed by atoms with Crippen LogP contribution in [-0.2, 0) is 6.42 Å². The fourth-order valence-corrected chi connectivity index (χ4v) is 3.22. The molecule has 1 aromatic carbocycles. The highest BCUT2D eigenvalue weighted by Gasteiger charge is 2.23. The van der Waals surface area contributed by atoms with Crippen LogP contribution in [0.3, 0.4) is 0 Å². The zero-order valence-electron chi connectivity index (χ0n) is 13.9. The lowest BCUT2D eigenvalue weighted by molar-refractivity contribution is 0.548. The number of nitrogens with zero attached hydrogens (tertiary/aromatic N) is 3. The molecule has 1 aliphatic carbocycles. The van der Waals surface area contributed by atoms with E-state index in [1.165, 1.54) is 23.7 Å². The summed E-state index contributed by atoms with van der Waals surface area (Å²) in [6.07, 6.45) is 4.57. The van der Waals surface area contributed by atoms with Gasteiger partial charge in [-0.05, 0) is 48.2 Å². The van der Waals surface area contributed by atoms with E-state index in [0.29, 0.717) is 28.5 Å². The number of anilines is 2. The van der Waals surface area contributed by atoms with Crippen molar-refractivity contribution in [3.63, 3.8) is 0 Å². The van der Waals surface area contributed by atoms with Crippen LogP contribution in [0.2, 0.25) is 0 Å². The second-order valence-corrected chi connectivity index (χ2v) is 6.14. The Morgan fingerprint density at radius 2 is 2.23 bits per heavy atom. The number of nitriles is 1. The number of pyridine rings is 1. The average molecular weight is 344 g/mol. The van der Waals surface area contributed by atoms with Crippen LogP contribution in [0.25, 0.3) is 0 Å². The Morgan fingerprint density at radius 1 is 1.35 bits per heavy atom. The molecule has 0 saturated carbocycles. The van der Waals surface area contributed by atoms with Crippen molar-refractivity contribution in [3.05, 3.63) is 71.1 Å². The summed E-state index contributed by atoms with van der Waals surface area (Å²) in [5, 5.41) is 20.7. The lowest BCUT2D eigenvalue weighted by Crippen LogP contribution is -2.13. The number of benzene rings is 1. The number of nitrogen functional groups attached to an aromatic ring is 1. The normalized spacial score (nSPS) is 15.3. The van der Waals surface area contributed by atoms with Crippen LogP contribution < -0.4 is 11.1 Å². The molecular formula is C19H16N6O. The van der Waals surface area contributed by atoms with Crippen molar-refractivity contribution in [2.24, 2.45) is 0 Å². The summed E-state index contributed by atoms with van der Waals surface area (Å²) in [6, 6.07) is 11.6. The van der Waals surface area contributed by atoms with E-state index in [2.05, 4.69) is 21.4 Å². The quantitative estimate of drug-likeness (QED) is 0.625. The first-order valence-electron chi connectivity index (χ1n) is 8.19. The van der Waals surface area contributed by atoms with E-state index in [4.69, 9.17) is 20.8 Å². The van der Waals surface area contributed by atoms with E-state index in [9.17, 15) is 0 Å². The van der Waals surface area contributed by atoms with Gasteiger partial charge in [0.2, 0.25) is 0 Å². The monoisotopic (exact) mass is 344 g/mol. The lowest BCUT2D eigenvalue weighted by atomic mass is 10.1. The summed E-state index contributed by atoms with van der Waals surface area (Å²) in [7, 11) is 0. The second-order valence-electron chi connectivity index (χ2n) is 6.14. The summed E-state index contributed by atoms with van der Waals surface area (Å²) in [5.74, 6) is 0.956. The van der Waals surface area contributed by atoms with Crippen molar-refractivity contribution in [1.82, 2.24) is 9.97 Å². The molecule has 0 spiro atoms. The lowest BCUT2D eigenvalue weighted by Gasteiger charge is -2.16. The molecule has 0 bridgehead atoms. The molecule has 2 heterocycles. The van der Waals surface area contributed by atoms with Crippen molar-refractivity contribution >= 4 is 17.2 Å². The molecule has 1 unspecified atom stereocenters. The third-order valence-electron chi connectivity index (χ3n) is 4.51. The number of oxazole rings is 1. The first-order valence-corrected chi connectivity index (χ1v) is 8.19. The van der Waals surface area contributed by atoms with Gasteiger partial charge in [0.05, 0.1) is 29.6 Å². The minimum atomic E-state index is 0.0918. The highest BCUT2D eigenvalue weighted by atomic mass is 16.3. The molecule has 1 aliphatic rings. The van der Waals surface area contributed by atoms with Gasteiger partial charge in [-0.15, -0.1) is 0 Å². The van der Waals surface area contributed by atoms with Crippen LogP contribution in [-0.4, -0.2) is 15.7 Å². The maximum atomic E-state index is 9.04. The van der Waals surface area contributed by atoms with Gasteiger partial charge < -0.3 is 15.5 Å². The minimum absolute atomic E-state index is 0.0918. The summed E-state index contributed by atoms with van der Waals surface area (Å²) in [4.78, 5) is 8.33. The van der Waals surface area contributed by atoms with E-state index in [1.54, 1.807) is 12.1 Å². The first kappa shape index (κ1) is 15.8. The molecule has 7 nitrogen and oxygen atoms in total. The number of hydrogen-bond acceptors (Lipinski definition) is 7. The van der Waals surface area contributed by atoms with Gasteiger partial charge in [0, 0.05) is 0 Å². The number of fused-ring (bicyclic) bond motifs is 1. The molecule has 2 aromatic heterocycles. The van der Waals surface area contributed by atoms with Crippen molar-refractivity contribution in [2.45, 2.75) is 18.9 Å². The molecule has 0 saturated heterocycles. The molecule has 0 fully saturated rings. The fourth-order valence-electron chi connectivity index (χ4n) is 3.22. The van der Waals surface area contributed by atoms with Crippen molar-refractivity contribution < 1.29 is 4.42 Å². The SMILES string of the molecule is N#Cc1ccc2c(c1)CCC2Nc1ccc(N)c(C(=N)c2cnco2)n1. The van der Waals surface area contributed by atoms with Crippen LogP contribution in [0.15, 0.2) is 47.3 Å². The van der Waals surface area contributed by atoms with Crippen LogP contribution in [0.5, 0.6) is 0 Å². The van der Waals surface area contributed by atoms with Gasteiger partial charge in [-0.1, -0.05) is 6.07 Å². The highest BCUT2D eigenvalue weighted by Crippen LogP contribution is 2.34. The zero-order chi connectivity index (χ0) is 18.1. The molecule has 4 rings (SSSR count). The Labute approximate surface area is 150 Å². The predicted molar refractivity (Wildman–Crippen MR) is 96.9 cm³/mol. The average Bonchev–Trinajstić information content (AvgIpc) is 3.32.